The molecule has 116 valence electrons. The molecule has 1 aliphatic rings. The molecular formula is C15H29N3O2. The maximum Gasteiger partial charge on any atom is 0.239 e. The third kappa shape index (κ3) is 6.89. The van der Waals surface area contributed by atoms with Gasteiger partial charge in [-0.1, -0.05) is 20.8 Å². The van der Waals surface area contributed by atoms with Crippen molar-refractivity contribution in [2.45, 2.75) is 58.9 Å². The van der Waals surface area contributed by atoms with Crippen LogP contribution in [0.4, 0.5) is 0 Å². The number of carbonyl (C=O) groups excluding carboxylic acids is 2. The first kappa shape index (κ1) is 17.0. The van der Waals surface area contributed by atoms with Crippen LogP contribution in [-0.2, 0) is 9.59 Å². The van der Waals surface area contributed by atoms with Gasteiger partial charge in [-0.3, -0.25) is 9.59 Å². The first-order valence-corrected chi connectivity index (χ1v) is 7.59. The average molecular weight is 283 g/mol. The van der Waals surface area contributed by atoms with Crippen LogP contribution in [0, 0.1) is 11.3 Å². The minimum absolute atomic E-state index is 0.0535. The number of nitrogens with two attached hydrogens (primary N) is 1. The maximum absolute atomic E-state index is 11.8. The van der Waals surface area contributed by atoms with Crippen LogP contribution in [0.3, 0.4) is 0 Å². The van der Waals surface area contributed by atoms with E-state index >= 15 is 0 Å². The zero-order valence-electron chi connectivity index (χ0n) is 13.0. The predicted molar refractivity (Wildman–Crippen MR) is 80.0 cm³/mol. The van der Waals surface area contributed by atoms with Gasteiger partial charge < -0.3 is 16.4 Å². The third-order valence-corrected chi connectivity index (χ3v) is 3.85. The van der Waals surface area contributed by atoms with E-state index < -0.39 is 0 Å². The molecule has 1 fully saturated rings. The Balaban J connectivity index is 2.21. The van der Waals surface area contributed by atoms with Crippen molar-refractivity contribution in [2.24, 2.45) is 17.1 Å². The summed E-state index contributed by atoms with van der Waals surface area (Å²) in [5, 5.41) is 5.53. The first-order valence-electron chi connectivity index (χ1n) is 7.59. The Hall–Kier alpha value is -1.10. The molecule has 0 radical (unpaired) electrons. The molecule has 0 aromatic rings. The predicted octanol–water partition coefficient (Wildman–Crippen LogP) is 1.17. The molecule has 0 aromatic carbocycles. The second kappa shape index (κ2) is 7.62. The van der Waals surface area contributed by atoms with E-state index in [0.29, 0.717) is 24.9 Å². The summed E-state index contributed by atoms with van der Waals surface area (Å²) in [6, 6.07) is 0.342. The highest BCUT2D eigenvalue weighted by Gasteiger charge is 2.25. The van der Waals surface area contributed by atoms with E-state index in [9.17, 15) is 9.59 Å². The second-order valence-corrected chi connectivity index (χ2v) is 6.80. The molecule has 1 unspecified atom stereocenters. The fourth-order valence-corrected chi connectivity index (χ4v) is 2.29. The topological polar surface area (TPSA) is 84.2 Å². The Labute approximate surface area is 122 Å². The fourth-order valence-electron chi connectivity index (χ4n) is 2.29. The van der Waals surface area contributed by atoms with Crippen LogP contribution in [-0.4, -0.2) is 30.9 Å². The molecule has 1 atom stereocenters. The maximum atomic E-state index is 11.8. The standard InChI is InChI=1S/C15H29N3O2/c1-15(2,3)11(8-9-16)4-7-13(19)17-10-14(20)18-12-5-6-12/h11-12H,4-10,16H2,1-3H3,(H,17,19)(H,18,20). The summed E-state index contributed by atoms with van der Waals surface area (Å²) in [5.74, 6) is 0.288. The Bertz CT molecular complexity index is 333. The minimum Gasteiger partial charge on any atom is -0.352 e. The summed E-state index contributed by atoms with van der Waals surface area (Å²) in [4.78, 5) is 23.2. The van der Waals surface area contributed by atoms with E-state index in [4.69, 9.17) is 5.73 Å². The highest BCUT2D eigenvalue weighted by atomic mass is 16.2. The van der Waals surface area contributed by atoms with Crippen molar-refractivity contribution in [1.29, 1.82) is 0 Å². The fraction of sp³-hybridized carbons (Fsp3) is 0.867. The number of carbonyl (C=O) groups is 2. The van der Waals surface area contributed by atoms with Gasteiger partial charge in [0.25, 0.3) is 0 Å². The van der Waals surface area contributed by atoms with E-state index in [0.717, 1.165) is 25.7 Å². The van der Waals surface area contributed by atoms with Crippen molar-refractivity contribution < 1.29 is 9.59 Å². The molecular weight excluding hydrogens is 254 g/mol. The van der Waals surface area contributed by atoms with Gasteiger partial charge in [-0.15, -0.1) is 0 Å². The lowest BCUT2D eigenvalue weighted by molar-refractivity contribution is -0.126. The zero-order valence-corrected chi connectivity index (χ0v) is 13.0. The van der Waals surface area contributed by atoms with Crippen molar-refractivity contribution in [3.8, 4) is 0 Å². The van der Waals surface area contributed by atoms with Gasteiger partial charge in [0.2, 0.25) is 11.8 Å². The van der Waals surface area contributed by atoms with E-state index in [2.05, 4.69) is 31.4 Å². The van der Waals surface area contributed by atoms with Crippen molar-refractivity contribution in [3.63, 3.8) is 0 Å². The van der Waals surface area contributed by atoms with Crippen LogP contribution >= 0.6 is 0 Å². The smallest absolute Gasteiger partial charge is 0.239 e. The number of hydrogen-bond acceptors (Lipinski definition) is 3. The van der Waals surface area contributed by atoms with Crippen LogP contribution in [0.15, 0.2) is 0 Å². The summed E-state index contributed by atoms with van der Waals surface area (Å²) in [6.07, 6.45) is 4.33. The van der Waals surface area contributed by atoms with Crippen LogP contribution in [0.25, 0.3) is 0 Å². The van der Waals surface area contributed by atoms with Gasteiger partial charge in [-0.2, -0.15) is 0 Å². The van der Waals surface area contributed by atoms with Gasteiger partial charge in [0.15, 0.2) is 0 Å². The molecule has 1 rings (SSSR count). The summed E-state index contributed by atoms with van der Waals surface area (Å²) in [7, 11) is 0. The Morgan fingerprint density at radius 2 is 1.85 bits per heavy atom. The third-order valence-electron chi connectivity index (χ3n) is 3.85. The highest BCUT2D eigenvalue weighted by Crippen LogP contribution is 2.31. The molecule has 0 spiro atoms. The van der Waals surface area contributed by atoms with E-state index in [1.165, 1.54) is 0 Å². The van der Waals surface area contributed by atoms with E-state index in [1.807, 2.05) is 0 Å². The molecule has 20 heavy (non-hydrogen) atoms. The Kier molecular flexibility index (Phi) is 6.46. The molecule has 0 aromatic heterocycles. The van der Waals surface area contributed by atoms with Crippen molar-refractivity contribution in [3.05, 3.63) is 0 Å². The summed E-state index contributed by atoms with van der Waals surface area (Å²) >= 11 is 0. The lowest BCUT2D eigenvalue weighted by Crippen LogP contribution is -2.38. The monoisotopic (exact) mass is 283 g/mol. The Morgan fingerprint density at radius 3 is 2.35 bits per heavy atom. The van der Waals surface area contributed by atoms with Gasteiger partial charge >= 0.3 is 0 Å². The quantitative estimate of drug-likeness (QED) is 0.625. The van der Waals surface area contributed by atoms with Gasteiger partial charge in [0.1, 0.15) is 0 Å². The molecule has 0 saturated heterocycles. The SMILES string of the molecule is CC(C)(C)C(CCN)CCC(=O)NCC(=O)NC1CC1. The molecule has 1 aliphatic carbocycles. The number of hydrogen-bond donors (Lipinski definition) is 3. The van der Waals surface area contributed by atoms with Gasteiger partial charge in [-0.05, 0) is 43.6 Å². The molecule has 4 N–H and O–H groups in total. The van der Waals surface area contributed by atoms with Crippen molar-refractivity contribution in [1.82, 2.24) is 10.6 Å². The minimum atomic E-state index is -0.0878. The van der Waals surface area contributed by atoms with E-state index in [1.54, 1.807) is 0 Å². The molecule has 1 saturated carbocycles. The molecule has 0 heterocycles. The average Bonchev–Trinajstić information content (AvgIpc) is 3.14. The number of rotatable bonds is 8. The van der Waals surface area contributed by atoms with Crippen LogP contribution in [0.2, 0.25) is 0 Å². The molecule has 5 heteroatoms. The lowest BCUT2D eigenvalue weighted by atomic mass is 9.76. The van der Waals surface area contributed by atoms with Gasteiger partial charge in [-0.25, -0.2) is 0 Å². The second-order valence-electron chi connectivity index (χ2n) is 6.80. The number of nitrogens with one attached hydrogen (secondary N) is 2. The highest BCUT2D eigenvalue weighted by molar-refractivity contribution is 5.84. The summed E-state index contributed by atoms with van der Waals surface area (Å²) in [6.45, 7) is 7.26. The van der Waals surface area contributed by atoms with E-state index in [-0.39, 0.29) is 23.8 Å². The lowest BCUT2D eigenvalue weighted by Gasteiger charge is -2.30. The zero-order chi connectivity index (χ0) is 15.2. The largest absolute Gasteiger partial charge is 0.352 e. The molecule has 2 amide bonds. The van der Waals surface area contributed by atoms with Crippen LogP contribution in [0.1, 0.15) is 52.9 Å². The summed E-state index contributed by atoms with van der Waals surface area (Å²) in [5.41, 5.74) is 5.79. The van der Waals surface area contributed by atoms with Crippen LogP contribution in [0.5, 0.6) is 0 Å². The van der Waals surface area contributed by atoms with Crippen LogP contribution < -0.4 is 16.4 Å². The van der Waals surface area contributed by atoms with Gasteiger partial charge in [0, 0.05) is 12.5 Å². The number of amides is 2. The van der Waals surface area contributed by atoms with Crippen molar-refractivity contribution in [2.75, 3.05) is 13.1 Å². The Morgan fingerprint density at radius 1 is 1.20 bits per heavy atom. The molecule has 5 nitrogen and oxygen atoms in total. The normalized spacial score (nSPS) is 16.6. The summed E-state index contributed by atoms with van der Waals surface area (Å²) < 4.78 is 0. The molecule has 0 bridgehead atoms. The van der Waals surface area contributed by atoms with Gasteiger partial charge in [0.05, 0.1) is 6.54 Å². The van der Waals surface area contributed by atoms with Crippen molar-refractivity contribution >= 4 is 11.8 Å². The molecule has 0 aliphatic heterocycles. The first-order chi connectivity index (χ1) is 9.32.